The standard InChI is InChI=1S/C11H24N2O3S/c1-10(8-9-14)12-17(15,16)13(2)11-6-4-3-5-7-11/h10-12,14H,3-9H2,1-2H3. The van der Waals surface area contributed by atoms with Crippen LogP contribution in [0.1, 0.15) is 45.4 Å². The normalized spacial score (nSPS) is 20.7. The molecule has 0 amide bonds. The van der Waals surface area contributed by atoms with Gasteiger partial charge in [-0.1, -0.05) is 19.3 Å². The summed E-state index contributed by atoms with van der Waals surface area (Å²) in [4.78, 5) is 0. The van der Waals surface area contributed by atoms with Crippen molar-refractivity contribution in [3.05, 3.63) is 0 Å². The summed E-state index contributed by atoms with van der Waals surface area (Å²) in [5.74, 6) is 0. The molecule has 1 aliphatic rings. The number of hydrogen-bond acceptors (Lipinski definition) is 3. The molecule has 0 radical (unpaired) electrons. The van der Waals surface area contributed by atoms with E-state index in [1.807, 2.05) is 0 Å². The molecule has 0 aromatic heterocycles. The second kappa shape index (κ2) is 6.68. The van der Waals surface area contributed by atoms with E-state index < -0.39 is 10.2 Å². The van der Waals surface area contributed by atoms with Crippen LogP contribution >= 0.6 is 0 Å². The van der Waals surface area contributed by atoms with Gasteiger partial charge in [-0.25, -0.2) is 0 Å². The molecule has 6 heteroatoms. The molecule has 0 aromatic carbocycles. The molecule has 1 saturated carbocycles. The molecule has 5 nitrogen and oxygen atoms in total. The summed E-state index contributed by atoms with van der Waals surface area (Å²) in [6.45, 7) is 1.76. The fourth-order valence-corrected chi connectivity index (χ4v) is 3.63. The van der Waals surface area contributed by atoms with Crippen molar-refractivity contribution in [2.24, 2.45) is 0 Å². The SMILES string of the molecule is CC(CCO)NS(=O)(=O)N(C)C1CCCCC1. The van der Waals surface area contributed by atoms with Gasteiger partial charge in [-0.2, -0.15) is 17.4 Å². The first kappa shape index (κ1) is 14.9. The lowest BCUT2D eigenvalue weighted by Crippen LogP contribution is -2.47. The minimum atomic E-state index is -3.41. The summed E-state index contributed by atoms with van der Waals surface area (Å²) < 4.78 is 28.1. The van der Waals surface area contributed by atoms with Gasteiger partial charge < -0.3 is 5.11 Å². The van der Waals surface area contributed by atoms with Crippen LogP contribution in [0.25, 0.3) is 0 Å². The predicted molar refractivity (Wildman–Crippen MR) is 67.9 cm³/mol. The third-order valence-corrected chi connectivity index (χ3v) is 5.14. The second-order valence-corrected chi connectivity index (χ2v) is 6.61. The molecule has 0 heterocycles. The summed E-state index contributed by atoms with van der Waals surface area (Å²) in [6, 6.07) is -0.0985. The van der Waals surface area contributed by atoms with E-state index in [2.05, 4.69) is 4.72 Å². The Morgan fingerprint density at radius 3 is 2.47 bits per heavy atom. The van der Waals surface area contributed by atoms with E-state index in [4.69, 9.17) is 5.11 Å². The molecular weight excluding hydrogens is 240 g/mol. The maximum Gasteiger partial charge on any atom is 0.279 e. The largest absolute Gasteiger partial charge is 0.396 e. The zero-order valence-electron chi connectivity index (χ0n) is 10.7. The number of aliphatic hydroxyl groups is 1. The Bertz CT molecular complexity index is 313. The first-order chi connectivity index (χ1) is 7.97. The Morgan fingerprint density at radius 2 is 1.94 bits per heavy atom. The molecule has 1 unspecified atom stereocenters. The molecule has 0 aliphatic heterocycles. The average Bonchev–Trinajstić information content (AvgIpc) is 2.28. The van der Waals surface area contributed by atoms with Crippen molar-refractivity contribution in [2.75, 3.05) is 13.7 Å². The average molecular weight is 264 g/mol. The summed E-state index contributed by atoms with van der Waals surface area (Å²) in [6.07, 6.45) is 5.77. The van der Waals surface area contributed by atoms with Gasteiger partial charge in [0, 0.05) is 25.7 Å². The number of nitrogens with one attached hydrogen (secondary N) is 1. The van der Waals surface area contributed by atoms with Crippen molar-refractivity contribution in [3.63, 3.8) is 0 Å². The van der Waals surface area contributed by atoms with Crippen LogP contribution in [0.5, 0.6) is 0 Å². The maximum atomic E-state index is 12.0. The van der Waals surface area contributed by atoms with Crippen LogP contribution in [-0.2, 0) is 10.2 Å². The monoisotopic (exact) mass is 264 g/mol. The summed E-state index contributed by atoms with van der Waals surface area (Å²) in [5, 5.41) is 8.77. The molecule has 1 fully saturated rings. The molecule has 17 heavy (non-hydrogen) atoms. The van der Waals surface area contributed by atoms with E-state index in [0.29, 0.717) is 6.42 Å². The Kier molecular flexibility index (Phi) is 5.85. The molecule has 1 rings (SSSR count). The Balaban J connectivity index is 2.55. The molecule has 1 atom stereocenters. The van der Waals surface area contributed by atoms with E-state index in [0.717, 1.165) is 25.7 Å². The molecule has 102 valence electrons. The van der Waals surface area contributed by atoms with Gasteiger partial charge in [0.15, 0.2) is 0 Å². The minimum absolute atomic E-state index is 0.00315. The van der Waals surface area contributed by atoms with Crippen molar-refractivity contribution in [1.29, 1.82) is 0 Å². The zero-order chi connectivity index (χ0) is 12.9. The lowest BCUT2D eigenvalue weighted by atomic mass is 9.96. The van der Waals surface area contributed by atoms with Crippen LogP contribution < -0.4 is 4.72 Å². The molecule has 0 spiro atoms. The van der Waals surface area contributed by atoms with E-state index in [-0.39, 0.29) is 18.7 Å². The van der Waals surface area contributed by atoms with Gasteiger partial charge in [0.1, 0.15) is 0 Å². The summed E-state index contributed by atoms with van der Waals surface area (Å²) in [5.41, 5.74) is 0. The Morgan fingerprint density at radius 1 is 1.35 bits per heavy atom. The highest BCUT2D eigenvalue weighted by Crippen LogP contribution is 2.23. The molecule has 2 N–H and O–H groups in total. The molecule has 0 bridgehead atoms. The quantitative estimate of drug-likeness (QED) is 0.747. The molecule has 0 saturated heterocycles. The molecular formula is C11H24N2O3S. The van der Waals surface area contributed by atoms with E-state index in [9.17, 15) is 8.42 Å². The van der Waals surface area contributed by atoms with Gasteiger partial charge >= 0.3 is 0 Å². The van der Waals surface area contributed by atoms with Crippen molar-refractivity contribution in [3.8, 4) is 0 Å². The van der Waals surface area contributed by atoms with Crippen molar-refractivity contribution in [2.45, 2.75) is 57.5 Å². The fourth-order valence-electron chi connectivity index (χ4n) is 2.23. The maximum absolute atomic E-state index is 12.0. The van der Waals surface area contributed by atoms with Crippen LogP contribution in [-0.4, -0.2) is 43.6 Å². The van der Waals surface area contributed by atoms with Gasteiger partial charge in [0.2, 0.25) is 0 Å². The smallest absolute Gasteiger partial charge is 0.279 e. The lowest BCUT2D eigenvalue weighted by molar-refractivity contribution is 0.267. The number of nitrogens with zero attached hydrogens (tertiary/aromatic N) is 1. The third kappa shape index (κ3) is 4.54. The highest BCUT2D eigenvalue weighted by atomic mass is 32.2. The minimum Gasteiger partial charge on any atom is -0.396 e. The lowest BCUT2D eigenvalue weighted by Gasteiger charge is -2.31. The fraction of sp³-hybridized carbons (Fsp3) is 1.00. The van der Waals surface area contributed by atoms with Crippen molar-refractivity contribution >= 4 is 10.2 Å². The van der Waals surface area contributed by atoms with Gasteiger partial charge in [0.25, 0.3) is 10.2 Å². The third-order valence-electron chi connectivity index (χ3n) is 3.38. The summed E-state index contributed by atoms with van der Waals surface area (Å²) in [7, 11) is -1.77. The highest BCUT2D eigenvalue weighted by Gasteiger charge is 2.28. The van der Waals surface area contributed by atoms with Crippen molar-refractivity contribution in [1.82, 2.24) is 9.03 Å². The van der Waals surface area contributed by atoms with Crippen LogP contribution in [0, 0.1) is 0 Å². The van der Waals surface area contributed by atoms with E-state index in [1.54, 1.807) is 14.0 Å². The van der Waals surface area contributed by atoms with Gasteiger partial charge in [0.05, 0.1) is 0 Å². The van der Waals surface area contributed by atoms with Crippen LogP contribution in [0.2, 0.25) is 0 Å². The zero-order valence-corrected chi connectivity index (χ0v) is 11.5. The van der Waals surface area contributed by atoms with Crippen LogP contribution in [0.3, 0.4) is 0 Å². The topological polar surface area (TPSA) is 69.6 Å². The number of hydrogen-bond donors (Lipinski definition) is 2. The Hall–Kier alpha value is -0.170. The van der Waals surface area contributed by atoms with Gasteiger partial charge in [-0.05, 0) is 26.2 Å². The number of rotatable bonds is 6. The summed E-state index contributed by atoms with van der Waals surface area (Å²) >= 11 is 0. The van der Waals surface area contributed by atoms with Crippen molar-refractivity contribution < 1.29 is 13.5 Å². The van der Waals surface area contributed by atoms with E-state index in [1.165, 1.54) is 10.7 Å². The van der Waals surface area contributed by atoms with Gasteiger partial charge in [-0.15, -0.1) is 0 Å². The molecule has 0 aromatic rings. The molecule has 1 aliphatic carbocycles. The first-order valence-corrected chi connectivity index (χ1v) is 7.77. The highest BCUT2D eigenvalue weighted by molar-refractivity contribution is 7.87. The predicted octanol–water partition coefficient (Wildman–Crippen LogP) is 0.856. The Labute approximate surface area is 104 Å². The van der Waals surface area contributed by atoms with E-state index >= 15 is 0 Å². The van der Waals surface area contributed by atoms with Crippen LogP contribution in [0.15, 0.2) is 0 Å². The van der Waals surface area contributed by atoms with Gasteiger partial charge in [-0.3, -0.25) is 0 Å². The number of aliphatic hydroxyl groups excluding tert-OH is 1. The first-order valence-electron chi connectivity index (χ1n) is 6.33. The second-order valence-electron chi connectivity index (χ2n) is 4.84. The van der Waals surface area contributed by atoms with Crippen LogP contribution in [0.4, 0.5) is 0 Å².